The molecule has 1 atom stereocenters. The first-order chi connectivity index (χ1) is 8.70. The van der Waals surface area contributed by atoms with E-state index in [-0.39, 0.29) is 0 Å². The van der Waals surface area contributed by atoms with E-state index in [2.05, 4.69) is 40.8 Å². The number of hydrogen-bond donors (Lipinski definition) is 0. The largest absolute Gasteiger partial charge is 0.439 e. The molecule has 2 aromatic rings. The van der Waals surface area contributed by atoms with Crippen LogP contribution >= 0.6 is 15.9 Å². The Morgan fingerprint density at radius 2 is 2.00 bits per heavy atom. The molecule has 0 radical (unpaired) electrons. The Kier molecular flexibility index (Phi) is 4.37. The molecule has 0 saturated heterocycles. The maximum Gasteiger partial charge on any atom is 0.219 e. The minimum Gasteiger partial charge on any atom is -0.439 e. The zero-order valence-electron chi connectivity index (χ0n) is 10.6. The lowest BCUT2D eigenvalue weighted by Gasteiger charge is -2.14. The minimum atomic E-state index is 0.483. The predicted octanol–water partition coefficient (Wildman–Crippen LogP) is 5.15. The van der Waals surface area contributed by atoms with Crippen molar-refractivity contribution in [2.75, 3.05) is 0 Å². The van der Waals surface area contributed by atoms with E-state index in [9.17, 15) is 0 Å². The smallest absolute Gasteiger partial charge is 0.219 e. The van der Waals surface area contributed by atoms with Crippen LogP contribution < -0.4 is 4.74 Å². The topological polar surface area (TPSA) is 22.1 Å². The van der Waals surface area contributed by atoms with Crippen molar-refractivity contribution in [3.63, 3.8) is 0 Å². The molecule has 0 aliphatic heterocycles. The van der Waals surface area contributed by atoms with Gasteiger partial charge in [0.15, 0.2) is 0 Å². The lowest BCUT2D eigenvalue weighted by Crippen LogP contribution is -1.96. The highest BCUT2D eigenvalue weighted by atomic mass is 79.9. The number of rotatable bonds is 4. The molecule has 18 heavy (non-hydrogen) atoms. The van der Waals surface area contributed by atoms with Crippen LogP contribution in [0.1, 0.15) is 31.7 Å². The molecular weight excluding hydrogens is 290 g/mol. The molecule has 0 fully saturated rings. The average molecular weight is 306 g/mol. The van der Waals surface area contributed by atoms with E-state index in [1.807, 2.05) is 30.3 Å². The van der Waals surface area contributed by atoms with Crippen LogP contribution in [0.2, 0.25) is 0 Å². The molecule has 3 heteroatoms. The van der Waals surface area contributed by atoms with Gasteiger partial charge in [-0.1, -0.05) is 32.0 Å². The lowest BCUT2D eigenvalue weighted by molar-refractivity contribution is 0.452. The van der Waals surface area contributed by atoms with E-state index in [1.165, 1.54) is 5.56 Å². The molecule has 0 aliphatic carbocycles. The van der Waals surface area contributed by atoms with Crippen LogP contribution in [0, 0.1) is 0 Å². The van der Waals surface area contributed by atoms with Crippen molar-refractivity contribution in [2.24, 2.45) is 0 Å². The van der Waals surface area contributed by atoms with Gasteiger partial charge in [-0.05, 0) is 46.0 Å². The van der Waals surface area contributed by atoms with Crippen molar-refractivity contribution in [2.45, 2.75) is 26.2 Å². The molecule has 1 aromatic heterocycles. The second-order valence-corrected chi connectivity index (χ2v) is 5.18. The highest BCUT2D eigenvalue weighted by Crippen LogP contribution is 2.31. The molecule has 0 spiro atoms. The Labute approximate surface area is 116 Å². The molecule has 1 unspecified atom stereocenters. The van der Waals surface area contributed by atoms with Gasteiger partial charge in [-0.15, -0.1) is 0 Å². The van der Waals surface area contributed by atoms with Gasteiger partial charge in [-0.3, -0.25) is 0 Å². The van der Waals surface area contributed by atoms with Crippen molar-refractivity contribution >= 4 is 15.9 Å². The summed E-state index contributed by atoms with van der Waals surface area (Å²) in [5.41, 5.74) is 1.23. The van der Waals surface area contributed by atoms with Crippen molar-refractivity contribution in [3.05, 3.63) is 52.6 Å². The Hall–Kier alpha value is -1.35. The highest BCUT2D eigenvalue weighted by Gasteiger charge is 2.10. The fourth-order valence-electron chi connectivity index (χ4n) is 1.74. The number of aromatic nitrogens is 1. The Balaban J connectivity index is 2.26. The van der Waals surface area contributed by atoms with Crippen LogP contribution in [0.15, 0.2) is 47.1 Å². The molecule has 0 amide bonds. The highest BCUT2D eigenvalue weighted by molar-refractivity contribution is 9.10. The third kappa shape index (κ3) is 3.10. The van der Waals surface area contributed by atoms with Crippen LogP contribution in [-0.4, -0.2) is 4.98 Å². The van der Waals surface area contributed by atoms with Crippen LogP contribution in [0.25, 0.3) is 0 Å². The predicted molar refractivity (Wildman–Crippen MR) is 77.2 cm³/mol. The third-order valence-corrected chi connectivity index (χ3v) is 3.45. The van der Waals surface area contributed by atoms with Gasteiger partial charge < -0.3 is 4.74 Å². The summed E-state index contributed by atoms with van der Waals surface area (Å²) in [6.45, 7) is 4.39. The summed E-state index contributed by atoms with van der Waals surface area (Å²) >= 11 is 3.36. The monoisotopic (exact) mass is 305 g/mol. The summed E-state index contributed by atoms with van der Waals surface area (Å²) in [6.07, 6.45) is 2.83. The third-order valence-electron chi connectivity index (χ3n) is 2.98. The maximum absolute atomic E-state index is 5.86. The summed E-state index contributed by atoms with van der Waals surface area (Å²) in [5.74, 6) is 1.99. The van der Waals surface area contributed by atoms with Crippen LogP contribution in [0.5, 0.6) is 11.6 Å². The van der Waals surface area contributed by atoms with Crippen LogP contribution in [0.4, 0.5) is 0 Å². The molecule has 2 nitrogen and oxygen atoms in total. The molecule has 2 rings (SSSR count). The fourth-order valence-corrected chi connectivity index (χ4v) is 1.97. The molecule has 94 valence electrons. The van der Waals surface area contributed by atoms with E-state index in [1.54, 1.807) is 6.20 Å². The quantitative estimate of drug-likeness (QED) is 0.779. The maximum atomic E-state index is 5.86. The van der Waals surface area contributed by atoms with Gasteiger partial charge in [-0.25, -0.2) is 4.98 Å². The van der Waals surface area contributed by atoms with Crippen molar-refractivity contribution < 1.29 is 4.74 Å². The first kappa shape index (κ1) is 13.1. The summed E-state index contributed by atoms with van der Waals surface area (Å²) in [5, 5.41) is 0. The van der Waals surface area contributed by atoms with Crippen molar-refractivity contribution in [1.82, 2.24) is 4.98 Å². The number of halogens is 1. The molecule has 0 aliphatic rings. The van der Waals surface area contributed by atoms with E-state index in [4.69, 9.17) is 4.74 Å². The lowest BCUT2D eigenvalue weighted by atomic mass is 9.98. The zero-order valence-corrected chi connectivity index (χ0v) is 12.1. The molecular formula is C15H16BrNO. The second-order valence-electron chi connectivity index (χ2n) is 4.26. The van der Waals surface area contributed by atoms with Gasteiger partial charge in [0.1, 0.15) is 5.75 Å². The zero-order chi connectivity index (χ0) is 13.0. The molecule has 0 N–H and O–H groups in total. The number of pyridine rings is 1. The van der Waals surface area contributed by atoms with Gasteiger partial charge in [0.05, 0.1) is 0 Å². The van der Waals surface area contributed by atoms with Gasteiger partial charge in [0.25, 0.3) is 0 Å². The molecule has 1 heterocycles. The summed E-state index contributed by atoms with van der Waals surface area (Å²) in [4.78, 5) is 4.23. The standard InChI is InChI=1S/C15H16BrNO/c1-3-11(2)13-6-4-5-7-14(13)18-15-9-8-12(16)10-17-15/h4-11H,3H2,1-2H3. The number of benzene rings is 1. The SMILES string of the molecule is CCC(C)c1ccccc1Oc1ccc(Br)cn1. The Morgan fingerprint density at radius 1 is 1.22 bits per heavy atom. The van der Waals surface area contributed by atoms with Gasteiger partial charge in [-0.2, -0.15) is 0 Å². The average Bonchev–Trinajstić information content (AvgIpc) is 2.41. The van der Waals surface area contributed by atoms with Crippen molar-refractivity contribution in [3.8, 4) is 11.6 Å². The number of para-hydroxylation sites is 1. The molecule has 0 bridgehead atoms. The first-order valence-corrected chi connectivity index (χ1v) is 6.88. The van der Waals surface area contributed by atoms with E-state index in [0.29, 0.717) is 11.8 Å². The second kappa shape index (κ2) is 6.01. The van der Waals surface area contributed by atoms with E-state index >= 15 is 0 Å². The summed E-state index contributed by atoms with van der Waals surface area (Å²) in [7, 11) is 0. The van der Waals surface area contributed by atoms with Crippen LogP contribution in [-0.2, 0) is 0 Å². The Bertz CT molecular complexity index is 510. The molecule has 0 saturated carbocycles. The fraction of sp³-hybridized carbons (Fsp3) is 0.267. The van der Waals surface area contributed by atoms with Crippen LogP contribution in [0.3, 0.4) is 0 Å². The van der Waals surface area contributed by atoms with Gasteiger partial charge in [0.2, 0.25) is 5.88 Å². The van der Waals surface area contributed by atoms with Crippen molar-refractivity contribution in [1.29, 1.82) is 0 Å². The van der Waals surface area contributed by atoms with Gasteiger partial charge in [0, 0.05) is 16.7 Å². The van der Waals surface area contributed by atoms with E-state index < -0.39 is 0 Å². The minimum absolute atomic E-state index is 0.483. The molecule has 1 aromatic carbocycles. The number of nitrogens with zero attached hydrogens (tertiary/aromatic N) is 1. The van der Waals surface area contributed by atoms with Gasteiger partial charge >= 0.3 is 0 Å². The summed E-state index contributed by atoms with van der Waals surface area (Å²) < 4.78 is 6.80. The Morgan fingerprint density at radius 3 is 2.67 bits per heavy atom. The number of hydrogen-bond acceptors (Lipinski definition) is 2. The van der Waals surface area contributed by atoms with E-state index in [0.717, 1.165) is 16.6 Å². The first-order valence-electron chi connectivity index (χ1n) is 6.09. The summed E-state index contributed by atoms with van der Waals surface area (Å²) in [6, 6.07) is 11.9. The normalized spacial score (nSPS) is 12.2. The number of ether oxygens (including phenoxy) is 1.